The van der Waals surface area contributed by atoms with Gasteiger partial charge >= 0.3 is 0 Å². The minimum atomic E-state index is -0.785. The summed E-state index contributed by atoms with van der Waals surface area (Å²) >= 11 is 5.02. The number of hydrogen-bond acceptors (Lipinski definition) is 6. The van der Waals surface area contributed by atoms with E-state index in [-0.39, 0.29) is 47.3 Å². The molecule has 0 bridgehead atoms. The second kappa shape index (κ2) is 20.6. The van der Waals surface area contributed by atoms with Crippen molar-refractivity contribution in [1.82, 2.24) is 26.2 Å². The number of ether oxygens (including phenoxy) is 1. The van der Waals surface area contributed by atoms with Crippen LogP contribution in [-0.2, 0) is 20.8 Å². The SMILES string of the molecule is C=CCC/C=C/CC(CC(=O)NC1C(=O)N2C(CCC1CNC(N)=S)CCC2C(=O)NCCc1ccc(OC)cc1)NC.CC. The highest BCUT2D eigenvalue weighted by molar-refractivity contribution is 7.80. The summed E-state index contributed by atoms with van der Waals surface area (Å²) in [6.07, 6.45) is 12.2. The van der Waals surface area contributed by atoms with E-state index >= 15 is 0 Å². The summed E-state index contributed by atoms with van der Waals surface area (Å²) in [6, 6.07) is 6.26. The number of rotatable bonds is 16. The Morgan fingerprint density at radius 2 is 1.82 bits per heavy atom. The molecule has 250 valence electrons. The minimum absolute atomic E-state index is 0.0511. The lowest BCUT2D eigenvalue weighted by Gasteiger charge is -2.32. The Morgan fingerprint density at radius 3 is 2.47 bits per heavy atom. The topological polar surface area (TPSA) is 138 Å². The van der Waals surface area contributed by atoms with E-state index in [1.165, 1.54) is 0 Å². The number of fused-ring (bicyclic) bond motifs is 1. The van der Waals surface area contributed by atoms with Crippen molar-refractivity contribution in [3.63, 3.8) is 0 Å². The van der Waals surface area contributed by atoms with Gasteiger partial charge in [-0.1, -0.05) is 44.2 Å². The normalized spacial score (nSPS) is 21.5. The Kier molecular flexibility index (Phi) is 17.2. The number of hydrogen-bond donors (Lipinski definition) is 5. The van der Waals surface area contributed by atoms with Crippen LogP contribution < -0.4 is 31.7 Å². The van der Waals surface area contributed by atoms with E-state index in [0.717, 1.165) is 37.0 Å². The first-order chi connectivity index (χ1) is 21.8. The summed E-state index contributed by atoms with van der Waals surface area (Å²) in [5.74, 6) is -0.0216. The summed E-state index contributed by atoms with van der Waals surface area (Å²) in [4.78, 5) is 42.4. The lowest BCUT2D eigenvalue weighted by molar-refractivity contribution is -0.143. The van der Waals surface area contributed by atoms with E-state index in [0.29, 0.717) is 38.8 Å². The smallest absolute Gasteiger partial charge is 0.246 e. The molecule has 2 heterocycles. The highest BCUT2D eigenvalue weighted by atomic mass is 32.1. The molecule has 6 N–H and O–H groups in total. The summed E-state index contributed by atoms with van der Waals surface area (Å²) in [5.41, 5.74) is 6.79. The third-order valence-corrected chi connectivity index (χ3v) is 8.50. The van der Waals surface area contributed by atoms with Crippen LogP contribution in [0, 0.1) is 5.92 Å². The lowest BCUT2D eigenvalue weighted by Crippen LogP contribution is -2.57. The van der Waals surface area contributed by atoms with Gasteiger partial charge in [0.15, 0.2) is 5.11 Å². The summed E-state index contributed by atoms with van der Waals surface area (Å²) in [5, 5.41) is 12.4. The van der Waals surface area contributed by atoms with Crippen LogP contribution in [0.3, 0.4) is 0 Å². The third kappa shape index (κ3) is 12.1. The van der Waals surface area contributed by atoms with Gasteiger partial charge in [-0.25, -0.2) is 0 Å². The van der Waals surface area contributed by atoms with Gasteiger partial charge in [0, 0.05) is 37.5 Å². The Balaban J connectivity index is 0.00000345. The van der Waals surface area contributed by atoms with Crippen LogP contribution in [0.15, 0.2) is 49.1 Å². The number of carbonyl (C=O) groups excluding carboxylic acids is 3. The molecule has 1 aromatic rings. The molecule has 45 heavy (non-hydrogen) atoms. The van der Waals surface area contributed by atoms with Gasteiger partial charge in [-0.15, -0.1) is 6.58 Å². The predicted molar refractivity (Wildman–Crippen MR) is 185 cm³/mol. The van der Waals surface area contributed by atoms with Crippen molar-refractivity contribution in [2.45, 2.75) is 95.8 Å². The van der Waals surface area contributed by atoms with Gasteiger partial charge in [0.25, 0.3) is 0 Å². The molecular weight excluding hydrogens is 588 g/mol. The van der Waals surface area contributed by atoms with Crippen molar-refractivity contribution < 1.29 is 19.1 Å². The molecule has 0 radical (unpaired) electrons. The standard InChI is InChI=1S/C32H48N6O4S.C2H6/c1-4-5-6-7-8-9-24(34-2)20-28(39)37-29-23(21-36-32(33)43)12-13-25-14-17-27(38(25)31(29)41)30(40)35-19-18-22-10-15-26(42-3)16-11-22;1-2/h4,7-8,10-11,15-16,23-25,27,29,34H,1,5-6,9,12-14,17-21H2,2-3H3,(H,35,40)(H,37,39)(H3,33,36,43);1-2H3/b8-7+;. The van der Waals surface area contributed by atoms with Gasteiger partial charge in [0.2, 0.25) is 17.7 Å². The lowest BCUT2D eigenvalue weighted by atomic mass is 9.93. The molecule has 0 saturated carbocycles. The number of thiocarbonyl (C=S) groups is 1. The van der Waals surface area contributed by atoms with Crippen LogP contribution in [0.2, 0.25) is 0 Å². The Hall–Kier alpha value is -3.44. The van der Waals surface area contributed by atoms with Crippen LogP contribution >= 0.6 is 12.2 Å². The molecule has 5 unspecified atom stereocenters. The quantitative estimate of drug-likeness (QED) is 0.105. The molecule has 2 aliphatic rings. The average Bonchev–Trinajstić information content (AvgIpc) is 3.43. The van der Waals surface area contributed by atoms with Gasteiger partial charge in [-0.2, -0.15) is 0 Å². The van der Waals surface area contributed by atoms with E-state index < -0.39 is 12.1 Å². The maximum absolute atomic E-state index is 14.1. The van der Waals surface area contributed by atoms with Crippen molar-refractivity contribution in [3.05, 3.63) is 54.6 Å². The minimum Gasteiger partial charge on any atom is -0.497 e. The van der Waals surface area contributed by atoms with Gasteiger partial charge in [-0.05, 0) is 88.3 Å². The fourth-order valence-electron chi connectivity index (χ4n) is 5.92. The first kappa shape index (κ1) is 37.7. The first-order valence-corrected chi connectivity index (χ1v) is 16.7. The maximum Gasteiger partial charge on any atom is 0.246 e. The third-order valence-electron chi connectivity index (χ3n) is 8.36. The van der Waals surface area contributed by atoms with Crippen molar-refractivity contribution in [2.24, 2.45) is 11.7 Å². The number of amides is 3. The van der Waals surface area contributed by atoms with Gasteiger partial charge in [0.1, 0.15) is 17.8 Å². The molecule has 2 aliphatic heterocycles. The maximum atomic E-state index is 14.1. The molecular formula is C34H54N6O4S. The summed E-state index contributed by atoms with van der Waals surface area (Å²) in [7, 11) is 3.45. The number of benzene rings is 1. The molecule has 3 amide bonds. The Labute approximate surface area is 275 Å². The number of allylic oxidation sites excluding steroid dienone is 2. The zero-order valence-corrected chi connectivity index (χ0v) is 28.3. The van der Waals surface area contributed by atoms with Gasteiger partial charge in [0.05, 0.1) is 7.11 Å². The Bertz CT molecular complexity index is 1130. The molecule has 10 nitrogen and oxygen atoms in total. The number of methoxy groups -OCH3 is 1. The molecule has 1 aromatic carbocycles. The fourth-order valence-corrected chi connectivity index (χ4v) is 6.00. The highest BCUT2D eigenvalue weighted by Gasteiger charge is 2.47. The first-order valence-electron chi connectivity index (χ1n) is 16.3. The van der Waals surface area contributed by atoms with Crippen LogP contribution in [0.25, 0.3) is 0 Å². The van der Waals surface area contributed by atoms with Gasteiger partial charge < -0.3 is 36.6 Å². The number of carbonyl (C=O) groups is 3. The zero-order chi connectivity index (χ0) is 33.2. The largest absolute Gasteiger partial charge is 0.497 e. The molecule has 3 rings (SSSR count). The summed E-state index contributed by atoms with van der Waals surface area (Å²) in [6.45, 7) is 8.56. The molecule has 11 heteroatoms. The van der Waals surface area contributed by atoms with E-state index in [4.69, 9.17) is 22.7 Å². The fraction of sp³-hybridized carbons (Fsp3) is 0.588. The molecule has 2 fully saturated rings. The molecule has 5 atom stereocenters. The van der Waals surface area contributed by atoms with Crippen molar-refractivity contribution in [1.29, 1.82) is 0 Å². The number of unbranched alkanes of at least 4 members (excludes halogenated alkanes) is 1. The predicted octanol–water partition coefficient (Wildman–Crippen LogP) is 3.36. The molecule has 0 aliphatic carbocycles. The molecule has 0 spiro atoms. The average molecular weight is 643 g/mol. The van der Waals surface area contributed by atoms with E-state index in [9.17, 15) is 14.4 Å². The molecule has 0 aromatic heterocycles. The van der Waals surface area contributed by atoms with Crippen LogP contribution in [0.4, 0.5) is 0 Å². The zero-order valence-electron chi connectivity index (χ0n) is 27.5. The van der Waals surface area contributed by atoms with Crippen LogP contribution in [-0.4, -0.2) is 79.1 Å². The molecule has 2 saturated heterocycles. The second-order valence-electron chi connectivity index (χ2n) is 11.3. The van der Waals surface area contributed by atoms with Crippen LogP contribution in [0.1, 0.15) is 70.8 Å². The second-order valence-corrected chi connectivity index (χ2v) is 11.7. The van der Waals surface area contributed by atoms with E-state index in [1.807, 2.05) is 51.2 Å². The monoisotopic (exact) mass is 642 g/mol. The van der Waals surface area contributed by atoms with Crippen LogP contribution in [0.5, 0.6) is 5.75 Å². The van der Waals surface area contributed by atoms with E-state index in [1.54, 1.807) is 12.0 Å². The van der Waals surface area contributed by atoms with Gasteiger partial charge in [-0.3, -0.25) is 14.4 Å². The highest BCUT2D eigenvalue weighted by Crippen LogP contribution is 2.34. The van der Waals surface area contributed by atoms with Crippen molar-refractivity contribution >= 4 is 35.1 Å². The summed E-state index contributed by atoms with van der Waals surface area (Å²) < 4.78 is 5.21. The van der Waals surface area contributed by atoms with Crippen molar-refractivity contribution in [2.75, 3.05) is 27.2 Å². The number of nitrogens with two attached hydrogens (primary N) is 1. The Morgan fingerprint density at radius 1 is 1.11 bits per heavy atom. The van der Waals surface area contributed by atoms with E-state index in [2.05, 4.69) is 40.0 Å². The number of nitrogens with one attached hydrogen (secondary N) is 4. The van der Waals surface area contributed by atoms with Crippen molar-refractivity contribution in [3.8, 4) is 5.75 Å². The number of nitrogens with zero attached hydrogens (tertiary/aromatic N) is 1.